The summed E-state index contributed by atoms with van der Waals surface area (Å²) in [5.41, 5.74) is -0.518. The molecule has 0 aromatic heterocycles. The van der Waals surface area contributed by atoms with E-state index in [1.165, 1.54) is 47.0 Å². The largest absolute Gasteiger partial charge is 0.463 e. The molecule has 1 aliphatic rings. The van der Waals surface area contributed by atoms with Gasteiger partial charge in [0.25, 0.3) is 5.69 Å². The summed E-state index contributed by atoms with van der Waals surface area (Å²) in [4.78, 5) is 47.0. The zero-order chi connectivity index (χ0) is 19.1. The van der Waals surface area contributed by atoms with Gasteiger partial charge in [0, 0.05) is 6.07 Å². The summed E-state index contributed by atoms with van der Waals surface area (Å²) < 4.78 is 9.85. The van der Waals surface area contributed by atoms with Crippen molar-refractivity contribution in [1.29, 1.82) is 0 Å². The molecule has 1 aliphatic heterocycles. The smallest absolute Gasteiger partial charge is 0.345 e. The highest BCUT2D eigenvalue weighted by molar-refractivity contribution is 8.04. The van der Waals surface area contributed by atoms with E-state index in [1.807, 2.05) is 0 Å². The Bertz CT molecular complexity index is 763. The molecular formula is C16H16N2O7S. The van der Waals surface area contributed by atoms with Crippen molar-refractivity contribution in [2.24, 2.45) is 0 Å². The van der Waals surface area contributed by atoms with Crippen LogP contribution < -0.4 is 0 Å². The standard InChI is InChI=1S/C16H16N2O7S/c1-2-24-15(20)9-14-17(13(19)10-26-14)7-8-25-16(21)11-5-3-4-6-12(11)18(22)23/h3-6,9H,2,7-8,10H2,1H3/b14-9-. The van der Waals surface area contributed by atoms with E-state index in [0.717, 1.165) is 0 Å². The molecule has 0 N–H and O–H groups in total. The topological polar surface area (TPSA) is 116 Å². The fraction of sp³-hybridized carbons (Fsp3) is 0.312. The van der Waals surface area contributed by atoms with Gasteiger partial charge in [0.15, 0.2) is 0 Å². The number of carbonyl (C=O) groups is 3. The van der Waals surface area contributed by atoms with Crippen LogP contribution in [0.3, 0.4) is 0 Å². The Morgan fingerprint density at radius 1 is 1.35 bits per heavy atom. The first-order valence-electron chi connectivity index (χ1n) is 7.66. The number of benzene rings is 1. The molecule has 0 aliphatic carbocycles. The molecule has 0 spiro atoms. The van der Waals surface area contributed by atoms with Crippen LogP contribution in [0.5, 0.6) is 0 Å². The number of para-hydroxylation sites is 1. The Hall–Kier alpha value is -2.88. The second-order valence-corrected chi connectivity index (χ2v) is 5.97. The molecule has 0 unspecified atom stereocenters. The summed E-state index contributed by atoms with van der Waals surface area (Å²) in [5.74, 6) is -1.48. The maximum absolute atomic E-state index is 12.0. The minimum atomic E-state index is -0.854. The van der Waals surface area contributed by atoms with Gasteiger partial charge in [-0.25, -0.2) is 9.59 Å². The number of hydrogen-bond donors (Lipinski definition) is 0. The quantitative estimate of drug-likeness (QED) is 0.304. The molecule has 26 heavy (non-hydrogen) atoms. The van der Waals surface area contributed by atoms with Crippen molar-refractivity contribution in [3.63, 3.8) is 0 Å². The summed E-state index contributed by atoms with van der Waals surface area (Å²) >= 11 is 1.18. The molecule has 1 aromatic rings. The number of nitro benzene ring substituents is 1. The normalized spacial score (nSPS) is 15.2. The van der Waals surface area contributed by atoms with Crippen LogP contribution >= 0.6 is 11.8 Å². The highest BCUT2D eigenvalue weighted by Crippen LogP contribution is 2.28. The molecule has 2 rings (SSSR count). The van der Waals surface area contributed by atoms with Crippen molar-refractivity contribution < 1.29 is 28.8 Å². The second-order valence-electron chi connectivity index (χ2n) is 4.98. The van der Waals surface area contributed by atoms with Crippen LogP contribution in [0.2, 0.25) is 0 Å². The molecule has 0 saturated carbocycles. The Kier molecular flexibility index (Phi) is 6.73. The van der Waals surface area contributed by atoms with E-state index in [9.17, 15) is 24.5 Å². The number of carbonyl (C=O) groups excluding carboxylic acids is 3. The zero-order valence-corrected chi connectivity index (χ0v) is 14.7. The van der Waals surface area contributed by atoms with E-state index >= 15 is 0 Å². The second kappa shape index (κ2) is 8.99. The van der Waals surface area contributed by atoms with Gasteiger partial charge in [-0.1, -0.05) is 23.9 Å². The molecule has 1 aromatic carbocycles. The lowest BCUT2D eigenvalue weighted by Gasteiger charge is -2.16. The lowest BCUT2D eigenvalue weighted by Crippen LogP contribution is -2.29. The summed E-state index contributed by atoms with van der Waals surface area (Å²) in [7, 11) is 0. The van der Waals surface area contributed by atoms with Crippen molar-refractivity contribution in [1.82, 2.24) is 4.90 Å². The minimum Gasteiger partial charge on any atom is -0.463 e. The lowest BCUT2D eigenvalue weighted by molar-refractivity contribution is -0.385. The highest BCUT2D eigenvalue weighted by Gasteiger charge is 2.28. The average molecular weight is 380 g/mol. The van der Waals surface area contributed by atoms with E-state index < -0.39 is 16.9 Å². The van der Waals surface area contributed by atoms with Gasteiger partial charge in [0.05, 0.1) is 34.9 Å². The third-order valence-corrected chi connectivity index (χ3v) is 4.33. The van der Waals surface area contributed by atoms with Gasteiger partial charge < -0.3 is 14.4 Å². The Morgan fingerprint density at radius 3 is 2.77 bits per heavy atom. The summed E-state index contributed by atoms with van der Waals surface area (Å²) in [6, 6.07) is 5.44. The van der Waals surface area contributed by atoms with Crippen molar-refractivity contribution in [2.45, 2.75) is 6.92 Å². The van der Waals surface area contributed by atoms with E-state index in [1.54, 1.807) is 6.92 Å². The molecule has 0 atom stereocenters. The third-order valence-electron chi connectivity index (χ3n) is 3.31. The van der Waals surface area contributed by atoms with Crippen LogP contribution in [-0.4, -0.2) is 53.2 Å². The van der Waals surface area contributed by atoms with Gasteiger partial charge in [-0.2, -0.15) is 0 Å². The SMILES string of the molecule is CCOC(=O)/C=C1\SCC(=O)N1CCOC(=O)c1ccccc1[N+](=O)[O-]. The Balaban J connectivity index is 1.98. The molecule has 10 heteroatoms. The summed E-state index contributed by atoms with van der Waals surface area (Å²) in [6.07, 6.45) is 1.21. The molecular weight excluding hydrogens is 364 g/mol. The Morgan fingerprint density at radius 2 is 2.08 bits per heavy atom. The minimum absolute atomic E-state index is 0.0312. The first-order chi connectivity index (χ1) is 12.4. The maximum atomic E-state index is 12.0. The van der Waals surface area contributed by atoms with Gasteiger partial charge in [-0.15, -0.1) is 0 Å². The molecule has 0 bridgehead atoms. The van der Waals surface area contributed by atoms with Crippen LogP contribution in [-0.2, 0) is 19.1 Å². The van der Waals surface area contributed by atoms with Crippen LogP contribution in [0, 0.1) is 10.1 Å². The first kappa shape index (κ1) is 19.4. The summed E-state index contributed by atoms with van der Waals surface area (Å²) in [5, 5.41) is 11.4. The van der Waals surface area contributed by atoms with E-state index in [-0.39, 0.29) is 42.7 Å². The van der Waals surface area contributed by atoms with Crippen LogP contribution in [0.4, 0.5) is 5.69 Å². The molecule has 1 saturated heterocycles. The number of esters is 2. The third kappa shape index (κ3) is 4.82. The number of ether oxygens (including phenoxy) is 2. The molecule has 1 fully saturated rings. The summed E-state index contributed by atoms with van der Waals surface area (Å²) in [6.45, 7) is 1.75. The van der Waals surface area contributed by atoms with Crippen LogP contribution in [0.1, 0.15) is 17.3 Å². The van der Waals surface area contributed by atoms with E-state index in [0.29, 0.717) is 5.03 Å². The van der Waals surface area contributed by atoms with Crippen molar-refractivity contribution >= 4 is 35.3 Å². The predicted molar refractivity (Wildman–Crippen MR) is 92.3 cm³/mol. The number of amides is 1. The van der Waals surface area contributed by atoms with Gasteiger partial charge in [0.2, 0.25) is 5.91 Å². The molecule has 138 valence electrons. The van der Waals surface area contributed by atoms with E-state index in [2.05, 4.69) is 0 Å². The predicted octanol–water partition coefficient (Wildman–Crippen LogP) is 1.73. The van der Waals surface area contributed by atoms with Gasteiger partial charge in [-0.05, 0) is 13.0 Å². The number of nitro groups is 1. The monoisotopic (exact) mass is 380 g/mol. The first-order valence-corrected chi connectivity index (χ1v) is 8.64. The zero-order valence-electron chi connectivity index (χ0n) is 13.9. The van der Waals surface area contributed by atoms with Crippen LogP contribution in [0.15, 0.2) is 35.4 Å². The van der Waals surface area contributed by atoms with Crippen molar-refractivity contribution in [2.75, 3.05) is 25.5 Å². The maximum Gasteiger partial charge on any atom is 0.345 e. The van der Waals surface area contributed by atoms with Gasteiger partial charge in [-0.3, -0.25) is 14.9 Å². The molecule has 1 heterocycles. The number of thioether (sulfide) groups is 1. The van der Waals surface area contributed by atoms with Crippen LogP contribution in [0.25, 0.3) is 0 Å². The molecule has 9 nitrogen and oxygen atoms in total. The van der Waals surface area contributed by atoms with Gasteiger partial charge in [0.1, 0.15) is 12.2 Å². The van der Waals surface area contributed by atoms with Crippen molar-refractivity contribution in [3.05, 3.63) is 51.0 Å². The fourth-order valence-electron chi connectivity index (χ4n) is 2.17. The Labute approximate surface area is 153 Å². The highest BCUT2D eigenvalue weighted by atomic mass is 32.2. The van der Waals surface area contributed by atoms with E-state index in [4.69, 9.17) is 9.47 Å². The molecule has 0 radical (unpaired) electrons. The number of nitrogens with zero attached hydrogens (tertiary/aromatic N) is 2. The molecule has 1 amide bonds. The fourth-order valence-corrected chi connectivity index (χ4v) is 3.12. The van der Waals surface area contributed by atoms with Gasteiger partial charge >= 0.3 is 11.9 Å². The average Bonchev–Trinajstić information content (AvgIpc) is 2.95. The number of hydrogen-bond acceptors (Lipinski definition) is 8. The lowest BCUT2D eigenvalue weighted by atomic mass is 10.2. The number of rotatable bonds is 7. The van der Waals surface area contributed by atoms with Crippen molar-refractivity contribution in [3.8, 4) is 0 Å².